The van der Waals surface area contributed by atoms with Crippen LogP contribution in [0.2, 0.25) is 0 Å². The molecule has 7 heteroatoms. The summed E-state index contributed by atoms with van der Waals surface area (Å²) in [7, 11) is 1.55. The molecule has 0 aliphatic heterocycles. The number of hydrogen-bond donors (Lipinski definition) is 2. The quantitative estimate of drug-likeness (QED) is 0.618. The third kappa shape index (κ3) is 4.20. The minimum Gasteiger partial charge on any atom is -0.496 e. The molecular formula is C15H15N3O4. The van der Waals surface area contributed by atoms with Crippen LogP contribution in [0.25, 0.3) is 0 Å². The minimum atomic E-state index is -0.464. The molecule has 1 aromatic heterocycles. The summed E-state index contributed by atoms with van der Waals surface area (Å²) < 4.78 is 10.1. The molecule has 0 radical (unpaired) electrons. The number of hydrazone groups is 1. The molecule has 0 unspecified atom stereocenters. The summed E-state index contributed by atoms with van der Waals surface area (Å²) in [5, 5.41) is 6.22. The summed E-state index contributed by atoms with van der Waals surface area (Å²) in [5.41, 5.74) is 3.04. The van der Waals surface area contributed by atoms with E-state index in [4.69, 9.17) is 9.15 Å². The van der Waals surface area contributed by atoms with Crippen LogP contribution < -0.4 is 15.5 Å². The first-order chi connectivity index (χ1) is 10.7. The third-order valence-corrected chi connectivity index (χ3v) is 2.69. The standard InChI is InChI=1S/C15H15N3O4/c1-21-12-6-3-2-5-11(12)9-17-18-14(19)10-16-15(20)13-7-4-8-22-13/h2-9H,10H2,1H3,(H,16,20)(H,18,19)/b17-9-. The highest BCUT2D eigenvalue weighted by atomic mass is 16.5. The summed E-state index contributed by atoms with van der Waals surface area (Å²) in [6.07, 6.45) is 2.84. The molecule has 0 fully saturated rings. The number of ether oxygens (including phenoxy) is 1. The van der Waals surface area contributed by atoms with Gasteiger partial charge in [-0.15, -0.1) is 0 Å². The molecule has 0 atom stereocenters. The van der Waals surface area contributed by atoms with Crippen LogP contribution in [0.1, 0.15) is 16.1 Å². The molecular weight excluding hydrogens is 286 g/mol. The SMILES string of the molecule is COc1ccccc1/C=N\NC(=O)CNC(=O)c1ccco1. The Labute approximate surface area is 127 Å². The van der Waals surface area contributed by atoms with Crippen LogP contribution in [0.15, 0.2) is 52.2 Å². The molecule has 2 amide bonds. The van der Waals surface area contributed by atoms with Gasteiger partial charge in [-0.25, -0.2) is 5.43 Å². The number of methoxy groups -OCH3 is 1. The number of nitrogens with one attached hydrogen (secondary N) is 2. The largest absolute Gasteiger partial charge is 0.496 e. The molecule has 0 spiro atoms. The van der Waals surface area contributed by atoms with Gasteiger partial charge in [-0.2, -0.15) is 5.10 Å². The van der Waals surface area contributed by atoms with E-state index >= 15 is 0 Å². The minimum absolute atomic E-state index is 0.144. The molecule has 0 saturated heterocycles. The normalized spacial score (nSPS) is 10.4. The monoisotopic (exact) mass is 301 g/mol. The molecule has 0 aliphatic rings. The predicted molar refractivity (Wildman–Crippen MR) is 79.8 cm³/mol. The van der Waals surface area contributed by atoms with Gasteiger partial charge in [-0.05, 0) is 24.3 Å². The third-order valence-electron chi connectivity index (χ3n) is 2.69. The average molecular weight is 301 g/mol. The van der Waals surface area contributed by atoms with Gasteiger partial charge in [0.25, 0.3) is 11.8 Å². The number of para-hydroxylation sites is 1. The van der Waals surface area contributed by atoms with Gasteiger partial charge in [0.2, 0.25) is 0 Å². The molecule has 2 aromatic rings. The first-order valence-electron chi connectivity index (χ1n) is 6.47. The van der Waals surface area contributed by atoms with E-state index in [9.17, 15) is 9.59 Å². The Bertz CT molecular complexity index is 665. The number of carbonyl (C=O) groups is 2. The van der Waals surface area contributed by atoms with Crippen LogP contribution in [0, 0.1) is 0 Å². The second-order valence-corrected chi connectivity index (χ2v) is 4.20. The fourth-order valence-corrected chi connectivity index (χ4v) is 1.64. The van der Waals surface area contributed by atoms with Gasteiger partial charge >= 0.3 is 0 Å². The van der Waals surface area contributed by atoms with Gasteiger partial charge in [-0.1, -0.05) is 12.1 Å². The van der Waals surface area contributed by atoms with E-state index < -0.39 is 11.8 Å². The summed E-state index contributed by atoms with van der Waals surface area (Å²) in [6.45, 7) is -0.206. The maximum atomic E-state index is 11.6. The van der Waals surface area contributed by atoms with E-state index in [2.05, 4.69) is 15.8 Å². The van der Waals surface area contributed by atoms with Crippen LogP contribution in [-0.2, 0) is 4.79 Å². The summed E-state index contributed by atoms with van der Waals surface area (Å²) in [4.78, 5) is 23.1. The Hall–Kier alpha value is -3.09. The van der Waals surface area contributed by atoms with E-state index in [0.717, 1.165) is 5.56 Å². The van der Waals surface area contributed by atoms with Gasteiger partial charge in [0.1, 0.15) is 5.75 Å². The van der Waals surface area contributed by atoms with Crippen molar-refractivity contribution in [3.63, 3.8) is 0 Å². The summed E-state index contributed by atoms with van der Waals surface area (Å²) >= 11 is 0. The van der Waals surface area contributed by atoms with Gasteiger partial charge in [0.05, 0.1) is 26.1 Å². The fourth-order valence-electron chi connectivity index (χ4n) is 1.64. The van der Waals surface area contributed by atoms with Crippen molar-refractivity contribution in [3.05, 3.63) is 54.0 Å². The van der Waals surface area contributed by atoms with Crippen molar-refractivity contribution in [2.75, 3.05) is 13.7 Å². The van der Waals surface area contributed by atoms with Gasteiger partial charge in [0, 0.05) is 5.56 Å². The smallest absolute Gasteiger partial charge is 0.287 e. The highest BCUT2D eigenvalue weighted by Gasteiger charge is 2.09. The molecule has 114 valence electrons. The van der Waals surface area contributed by atoms with Crippen LogP contribution in [0.5, 0.6) is 5.75 Å². The molecule has 0 aliphatic carbocycles. The van der Waals surface area contributed by atoms with Crippen molar-refractivity contribution in [2.45, 2.75) is 0 Å². The van der Waals surface area contributed by atoms with E-state index in [1.54, 1.807) is 25.3 Å². The van der Waals surface area contributed by atoms with E-state index in [1.165, 1.54) is 18.5 Å². The lowest BCUT2D eigenvalue weighted by atomic mass is 10.2. The molecule has 2 rings (SSSR count). The summed E-state index contributed by atoms with van der Waals surface area (Å²) in [5.74, 6) is -0.128. The Balaban J connectivity index is 1.80. The zero-order chi connectivity index (χ0) is 15.8. The molecule has 1 heterocycles. The Kier molecular flexibility index (Phi) is 5.31. The van der Waals surface area contributed by atoms with Crippen molar-refractivity contribution < 1.29 is 18.7 Å². The van der Waals surface area contributed by atoms with E-state index in [0.29, 0.717) is 5.75 Å². The van der Waals surface area contributed by atoms with Gasteiger partial charge < -0.3 is 14.5 Å². The van der Waals surface area contributed by atoms with Crippen LogP contribution in [0.3, 0.4) is 0 Å². The zero-order valence-corrected chi connectivity index (χ0v) is 11.9. The second-order valence-electron chi connectivity index (χ2n) is 4.20. The molecule has 1 aromatic carbocycles. The fraction of sp³-hybridized carbons (Fsp3) is 0.133. The number of nitrogens with zero attached hydrogens (tertiary/aromatic N) is 1. The van der Waals surface area contributed by atoms with Gasteiger partial charge in [-0.3, -0.25) is 9.59 Å². The average Bonchev–Trinajstić information content (AvgIpc) is 3.07. The van der Waals surface area contributed by atoms with Crippen molar-refractivity contribution in [1.29, 1.82) is 0 Å². The molecule has 2 N–H and O–H groups in total. The topological polar surface area (TPSA) is 92.9 Å². The maximum Gasteiger partial charge on any atom is 0.287 e. The summed E-state index contributed by atoms with van der Waals surface area (Å²) in [6, 6.07) is 10.3. The first-order valence-corrected chi connectivity index (χ1v) is 6.47. The van der Waals surface area contributed by atoms with Crippen LogP contribution in [0.4, 0.5) is 0 Å². The van der Waals surface area contributed by atoms with Crippen molar-refractivity contribution in [1.82, 2.24) is 10.7 Å². The van der Waals surface area contributed by atoms with Gasteiger partial charge in [0.15, 0.2) is 5.76 Å². The van der Waals surface area contributed by atoms with E-state index in [-0.39, 0.29) is 12.3 Å². The predicted octanol–water partition coefficient (Wildman–Crippen LogP) is 1.17. The lowest BCUT2D eigenvalue weighted by Gasteiger charge is -2.04. The molecule has 7 nitrogen and oxygen atoms in total. The lowest BCUT2D eigenvalue weighted by Crippen LogP contribution is -2.34. The Morgan fingerprint density at radius 3 is 2.82 bits per heavy atom. The number of amides is 2. The van der Waals surface area contributed by atoms with Crippen LogP contribution in [-0.4, -0.2) is 31.7 Å². The van der Waals surface area contributed by atoms with E-state index in [1.807, 2.05) is 12.1 Å². The highest BCUT2D eigenvalue weighted by Crippen LogP contribution is 2.14. The first kappa shape index (κ1) is 15.3. The number of rotatable bonds is 6. The zero-order valence-electron chi connectivity index (χ0n) is 11.9. The molecule has 22 heavy (non-hydrogen) atoms. The van der Waals surface area contributed by atoms with Crippen molar-refractivity contribution in [3.8, 4) is 5.75 Å². The number of carbonyl (C=O) groups excluding carboxylic acids is 2. The van der Waals surface area contributed by atoms with Crippen molar-refractivity contribution >= 4 is 18.0 Å². The van der Waals surface area contributed by atoms with Crippen molar-refractivity contribution in [2.24, 2.45) is 5.10 Å². The second kappa shape index (κ2) is 7.63. The lowest BCUT2D eigenvalue weighted by molar-refractivity contribution is -0.120. The number of benzene rings is 1. The maximum absolute atomic E-state index is 11.6. The number of hydrogen-bond acceptors (Lipinski definition) is 5. The molecule has 0 saturated carbocycles. The number of furan rings is 1. The highest BCUT2D eigenvalue weighted by molar-refractivity contribution is 5.94. The Morgan fingerprint density at radius 1 is 1.27 bits per heavy atom. The molecule has 0 bridgehead atoms. The van der Waals surface area contributed by atoms with Crippen LogP contribution >= 0.6 is 0 Å². The Morgan fingerprint density at radius 2 is 2.09 bits per heavy atom.